The predicted molar refractivity (Wildman–Crippen MR) is 69.2 cm³/mol. The summed E-state index contributed by atoms with van der Waals surface area (Å²) < 4.78 is 5.04. The van der Waals surface area contributed by atoms with Crippen LogP contribution in [0.4, 0.5) is 5.00 Å². The van der Waals surface area contributed by atoms with Gasteiger partial charge >= 0.3 is 0 Å². The van der Waals surface area contributed by atoms with Crippen molar-refractivity contribution in [2.24, 2.45) is 5.73 Å². The van der Waals surface area contributed by atoms with Gasteiger partial charge in [-0.25, -0.2) is 0 Å². The Kier molecular flexibility index (Phi) is 3.59. The Bertz CT molecular complexity index is 584. The van der Waals surface area contributed by atoms with Crippen molar-refractivity contribution in [3.8, 4) is 0 Å². The smallest absolute Gasteiger partial charge is 0.251 e. The van der Waals surface area contributed by atoms with Gasteiger partial charge in [0, 0.05) is 6.08 Å². The minimum absolute atomic E-state index is 0.305. The van der Waals surface area contributed by atoms with Crippen molar-refractivity contribution in [3.63, 3.8) is 0 Å². The van der Waals surface area contributed by atoms with E-state index in [-0.39, 0.29) is 5.91 Å². The fourth-order valence-corrected chi connectivity index (χ4v) is 2.09. The molecule has 2 amide bonds. The molecule has 0 spiro atoms. The summed E-state index contributed by atoms with van der Waals surface area (Å²) in [7, 11) is 0. The normalized spacial score (nSPS) is 10.7. The van der Waals surface area contributed by atoms with E-state index in [1.54, 1.807) is 23.6 Å². The lowest BCUT2D eigenvalue weighted by Crippen LogP contribution is -2.14. The minimum Gasteiger partial charge on any atom is -0.465 e. The first-order valence-corrected chi connectivity index (χ1v) is 5.94. The van der Waals surface area contributed by atoms with Gasteiger partial charge in [-0.15, -0.1) is 11.3 Å². The number of primary amides is 1. The molecule has 2 aromatic rings. The number of carbonyl (C=O) groups is 2. The van der Waals surface area contributed by atoms with Crippen molar-refractivity contribution in [1.82, 2.24) is 0 Å². The summed E-state index contributed by atoms with van der Waals surface area (Å²) in [5.74, 6) is -0.343. The van der Waals surface area contributed by atoms with E-state index < -0.39 is 5.91 Å². The lowest BCUT2D eigenvalue weighted by Gasteiger charge is -2.00. The average Bonchev–Trinajstić information content (AvgIpc) is 2.96. The standard InChI is InChI=1S/C12H10N2O3S/c13-11(16)9-5-7-18-12(9)14-10(15)4-3-8-2-1-6-17-8/h1-7H,(H2,13,16)(H,14,15)/b4-3+. The van der Waals surface area contributed by atoms with Gasteiger partial charge in [0.1, 0.15) is 10.8 Å². The maximum Gasteiger partial charge on any atom is 0.251 e. The van der Waals surface area contributed by atoms with Gasteiger partial charge in [0.2, 0.25) is 5.91 Å². The quantitative estimate of drug-likeness (QED) is 0.827. The van der Waals surface area contributed by atoms with E-state index in [4.69, 9.17) is 10.2 Å². The second-order valence-electron chi connectivity index (χ2n) is 3.37. The molecular formula is C12H10N2O3S. The van der Waals surface area contributed by atoms with E-state index in [2.05, 4.69) is 5.32 Å². The second kappa shape index (κ2) is 5.33. The number of nitrogens with one attached hydrogen (secondary N) is 1. The fourth-order valence-electron chi connectivity index (χ4n) is 1.30. The van der Waals surface area contributed by atoms with Gasteiger partial charge in [0.05, 0.1) is 11.8 Å². The topological polar surface area (TPSA) is 85.3 Å². The van der Waals surface area contributed by atoms with Crippen molar-refractivity contribution in [2.45, 2.75) is 0 Å². The van der Waals surface area contributed by atoms with Gasteiger partial charge in [-0.2, -0.15) is 0 Å². The van der Waals surface area contributed by atoms with Crippen LogP contribution in [0.2, 0.25) is 0 Å². The zero-order chi connectivity index (χ0) is 13.0. The lowest BCUT2D eigenvalue weighted by molar-refractivity contribution is -0.111. The molecule has 2 heterocycles. The van der Waals surface area contributed by atoms with E-state index in [1.165, 1.54) is 29.8 Å². The van der Waals surface area contributed by atoms with Gasteiger partial charge in [-0.05, 0) is 29.7 Å². The molecule has 0 saturated heterocycles. The number of carbonyl (C=O) groups excluding carboxylic acids is 2. The van der Waals surface area contributed by atoms with Gasteiger partial charge in [-0.3, -0.25) is 9.59 Å². The number of hydrogen-bond acceptors (Lipinski definition) is 4. The van der Waals surface area contributed by atoms with Crippen LogP contribution in [0.15, 0.2) is 40.3 Å². The highest BCUT2D eigenvalue weighted by molar-refractivity contribution is 7.14. The number of rotatable bonds is 4. The highest BCUT2D eigenvalue weighted by atomic mass is 32.1. The summed E-state index contributed by atoms with van der Waals surface area (Å²) >= 11 is 1.24. The zero-order valence-electron chi connectivity index (χ0n) is 9.25. The summed E-state index contributed by atoms with van der Waals surface area (Å²) in [6.07, 6.45) is 4.37. The molecule has 0 radical (unpaired) electrons. The fraction of sp³-hybridized carbons (Fsp3) is 0. The Labute approximate surface area is 107 Å². The summed E-state index contributed by atoms with van der Waals surface area (Å²) in [5.41, 5.74) is 5.47. The van der Waals surface area contributed by atoms with E-state index in [1.807, 2.05) is 0 Å². The molecule has 0 fully saturated rings. The van der Waals surface area contributed by atoms with Gasteiger partial charge in [0.25, 0.3) is 5.91 Å². The highest BCUT2D eigenvalue weighted by Crippen LogP contribution is 2.22. The Morgan fingerprint density at radius 3 is 2.89 bits per heavy atom. The monoisotopic (exact) mass is 262 g/mol. The number of hydrogen-bond donors (Lipinski definition) is 2. The largest absolute Gasteiger partial charge is 0.465 e. The van der Waals surface area contributed by atoms with Crippen LogP contribution in [0, 0.1) is 0 Å². The lowest BCUT2D eigenvalue weighted by atomic mass is 10.3. The summed E-state index contributed by atoms with van der Waals surface area (Å²) in [5, 5.41) is 4.71. The van der Waals surface area contributed by atoms with Crippen LogP contribution in [0.3, 0.4) is 0 Å². The molecule has 92 valence electrons. The zero-order valence-corrected chi connectivity index (χ0v) is 10.1. The second-order valence-corrected chi connectivity index (χ2v) is 4.28. The van der Waals surface area contributed by atoms with Crippen LogP contribution < -0.4 is 11.1 Å². The molecule has 0 aliphatic heterocycles. The molecule has 0 aliphatic carbocycles. The Morgan fingerprint density at radius 1 is 1.39 bits per heavy atom. The van der Waals surface area contributed by atoms with Crippen LogP contribution in [-0.2, 0) is 4.79 Å². The Balaban J connectivity index is 2.03. The highest BCUT2D eigenvalue weighted by Gasteiger charge is 2.10. The van der Waals surface area contributed by atoms with Crippen molar-refractivity contribution in [1.29, 1.82) is 0 Å². The van der Waals surface area contributed by atoms with Crippen LogP contribution in [-0.4, -0.2) is 11.8 Å². The SMILES string of the molecule is NC(=O)c1ccsc1NC(=O)/C=C/c1ccco1. The van der Waals surface area contributed by atoms with Crippen LogP contribution >= 0.6 is 11.3 Å². The minimum atomic E-state index is -0.568. The van der Waals surface area contributed by atoms with Crippen LogP contribution in [0.5, 0.6) is 0 Å². The third-order valence-electron chi connectivity index (χ3n) is 2.11. The first kappa shape index (κ1) is 12.1. The van der Waals surface area contributed by atoms with Crippen molar-refractivity contribution in [3.05, 3.63) is 47.2 Å². The van der Waals surface area contributed by atoms with E-state index in [0.717, 1.165) is 0 Å². The maximum atomic E-state index is 11.6. The molecule has 0 saturated carbocycles. The summed E-state index contributed by atoms with van der Waals surface area (Å²) in [6.45, 7) is 0. The number of nitrogens with two attached hydrogens (primary N) is 1. The van der Waals surface area contributed by atoms with Gasteiger partial charge in [-0.1, -0.05) is 0 Å². The molecule has 3 N–H and O–H groups in total. The van der Waals surface area contributed by atoms with Gasteiger partial charge in [0.15, 0.2) is 0 Å². The molecule has 2 rings (SSSR count). The van der Waals surface area contributed by atoms with Crippen molar-refractivity contribution >= 4 is 34.2 Å². The first-order chi connectivity index (χ1) is 8.66. The third kappa shape index (κ3) is 2.86. The molecule has 5 nitrogen and oxygen atoms in total. The first-order valence-electron chi connectivity index (χ1n) is 5.06. The molecule has 0 unspecified atom stereocenters. The molecule has 0 atom stereocenters. The van der Waals surface area contributed by atoms with E-state index in [9.17, 15) is 9.59 Å². The number of amides is 2. The van der Waals surface area contributed by atoms with Crippen molar-refractivity contribution < 1.29 is 14.0 Å². The molecule has 18 heavy (non-hydrogen) atoms. The van der Waals surface area contributed by atoms with E-state index >= 15 is 0 Å². The Hall–Kier alpha value is -2.34. The summed E-state index contributed by atoms with van der Waals surface area (Å²) in [4.78, 5) is 22.6. The third-order valence-corrected chi connectivity index (χ3v) is 2.94. The average molecular weight is 262 g/mol. The number of furan rings is 1. The predicted octanol–water partition coefficient (Wildman–Crippen LogP) is 2.09. The van der Waals surface area contributed by atoms with Gasteiger partial charge < -0.3 is 15.5 Å². The number of anilines is 1. The molecular weight excluding hydrogens is 252 g/mol. The molecule has 0 bridgehead atoms. The summed E-state index contributed by atoms with van der Waals surface area (Å²) in [6, 6.07) is 5.02. The van der Waals surface area contributed by atoms with Crippen molar-refractivity contribution in [2.75, 3.05) is 5.32 Å². The van der Waals surface area contributed by atoms with Crippen LogP contribution in [0.25, 0.3) is 6.08 Å². The molecule has 0 aromatic carbocycles. The Morgan fingerprint density at radius 2 is 2.22 bits per heavy atom. The maximum absolute atomic E-state index is 11.6. The van der Waals surface area contributed by atoms with E-state index in [0.29, 0.717) is 16.3 Å². The molecule has 0 aliphatic rings. The molecule has 2 aromatic heterocycles. The molecule has 6 heteroatoms. The number of thiophene rings is 1. The van der Waals surface area contributed by atoms with Crippen LogP contribution in [0.1, 0.15) is 16.1 Å².